The molecule has 0 saturated carbocycles. The van der Waals surface area contributed by atoms with Gasteiger partial charge in [0.2, 0.25) is 5.91 Å². The highest BCUT2D eigenvalue weighted by Crippen LogP contribution is 2.32. The van der Waals surface area contributed by atoms with E-state index in [0.29, 0.717) is 6.42 Å². The SMILES string of the molecule is O=C1CCCN1c1ccc(Sc2ccccc2CO)cc1. The van der Waals surface area contributed by atoms with Gasteiger partial charge in [-0.1, -0.05) is 30.0 Å². The summed E-state index contributed by atoms with van der Waals surface area (Å²) in [5, 5.41) is 9.36. The Balaban J connectivity index is 1.77. The number of anilines is 1. The van der Waals surface area contributed by atoms with Crippen LogP contribution in [0, 0.1) is 0 Å². The third-order valence-corrected chi connectivity index (χ3v) is 4.72. The maximum atomic E-state index is 11.7. The predicted molar refractivity (Wildman–Crippen MR) is 84.5 cm³/mol. The molecular formula is C17H17NO2S. The van der Waals surface area contributed by atoms with Crippen molar-refractivity contribution in [3.8, 4) is 0 Å². The second kappa shape index (κ2) is 6.33. The molecule has 0 spiro atoms. The van der Waals surface area contributed by atoms with Crippen LogP contribution in [-0.4, -0.2) is 17.6 Å². The van der Waals surface area contributed by atoms with Crippen LogP contribution in [0.1, 0.15) is 18.4 Å². The van der Waals surface area contributed by atoms with Crippen LogP contribution in [0.3, 0.4) is 0 Å². The molecule has 0 aromatic heterocycles. The monoisotopic (exact) mass is 299 g/mol. The summed E-state index contributed by atoms with van der Waals surface area (Å²) in [6.07, 6.45) is 1.60. The molecular weight excluding hydrogens is 282 g/mol. The molecule has 21 heavy (non-hydrogen) atoms. The first-order valence-electron chi connectivity index (χ1n) is 7.05. The van der Waals surface area contributed by atoms with Crippen molar-refractivity contribution in [2.75, 3.05) is 11.4 Å². The number of aliphatic hydroxyl groups excluding tert-OH is 1. The maximum absolute atomic E-state index is 11.7. The minimum Gasteiger partial charge on any atom is -0.392 e. The van der Waals surface area contributed by atoms with Crippen LogP contribution < -0.4 is 4.90 Å². The van der Waals surface area contributed by atoms with Gasteiger partial charge in [0, 0.05) is 28.4 Å². The molecule has 0 radical (unpaired) electrons. The quantitative estimate of drug-likeness (QED) is 0.940. The number of aliphatic hydroxyl groups is 1. The average Bonchev–Trinajstić information content (AvgIpc) is 2.95. The normalized spacial score (nSPS) is 14.7. The van der Waals surface area contributed by atoms with Crippen molar-refractivity contribution in [3.05, 3.63) is 54.1 Å². The first-order valence-corrected chi connectivity index (χ1v) is 7.86. The van der Waals surface area contributed by atoms with Crippen molar-refractivity contribution < 1.29 is 9.90 Å². The zero-order valence-electron chi connectivity index (χ0n) is 11.7. The van der Waals surface area contributed by atoms with Crippen LogP contribution in [0.2, 0.25) is 0 Å². The van der Waals surface area contributed by atoms with Gasteiger partial charge in [-0.25, -0.2) is 0 Å². The van der Waals surface area contributed by atoms with Crippen molar-refractivity contribution in [2.45, 2.75) is 29.2 Å². The van der Waals surface area contributed by atoms with E-state index in [2.05, 4.69) is 0 Å². The molecule has 0 atom stereocenters. The molecule has 2 aromatic rings. The molecule has 1 heterocycles. The Labute approximate surface area is 128 Å². The van der Waals surface area contributed by atoms with Crippen LogP contribution in [0.4, 0.5) is 5.69 Å². The van der Waals surface area contributed by atoms with Gasteiger partial charge < -0.3 is 10.0 Å². The second-order valence-corrected chi connectivity index (χ2v) is 6.13. The minimum atomic E-state index is 0.0452. The van der Waals surface area contributed by atoms with Crippen LogP contribution >= 0.6 is 11.8 Å². The summed E-state index contributed by atoms with van der Waals surface area (Å²) in [6.45, 7) is 0.863. The second-order valence-electron chi connectivity index (χ2n) is 5.01. The summed E-state index contributed by atoms with van der Waals surface area (Å²) in [5.74, 6) is 0.209. The molecule has 1 amide bonds. The number of hydrogen-bond donors (Lipinski definition) is 1. The summed E-state index contributed by atoms with van der Waals surface area (Å²) in [7, 11) is 0. The van der Waals surface area contributed by atoms with Gasteiger partial charge in [0.1, 0.15) is 0 Å². The molecule has 2 aromatic carbocycles. The molecule has 3 rings (SSSR count). The average molecular weight is 299 g/mol. The molecule has 0 aliphatic carbocycles. The van der Waals surface area contributed by atoms with E-state index >= 15 is 0 Å². The number of carbonyl (C=O) groups excluding carboxylic acids is 1. The highest BCUT2D eigenvalue weighted by Gasteiger charge is 2.21. The largest absolute Gasteiger partial charge is 0.392 e. The Morgan fingerprint density at radius 2 is 1.86 bits per heavy atom. The van der Waals surface area contributed by atoms with E-state index in [1.54, 1.807) is 11.8 Å². The zero-order valence-corrected chi connectivity index (χ0v) is 12.5. The smallest absolute Gasteiger partial charge is 0.227 e. The fourth-order valence-corrected chi connectivity index (χ4v) is 3.41. The van der Waals surface area contributed by atoms with Gasteiger partial charge in [-0.15, -0.1) is 0 Å². The molecule has 0 unspecified atom stereocenters. The summed E-state index contributed by atoms with van der Waals surface area (Å²) in [6, 6.07) is 15.9. The number of rotatable bonds is 4. The van der Waals surface area contributed by atoms with Gasteiger partial charge in [-0.2, -0.15) is 0 Å². The van der Waals surface area contributed by atoms with Gasteiger partial charge >= 0.3 is 0 Å². The molecule has 4 heteroatoms. The zero-order chi connectivity index (χ0) is 14.7. The minimum absolute atomic E-state index is 0.0452. The Hall–Kier alpha value is -1.78. The lowest BCUT2D eigenvalue weighted by Crippen LogP contribution is -2.23. The van der Waals surface area contributed by atoms with Crippen LogP contribution in [0.15, 0.2) is 58.3 Å². The summed E-state index contributed by atoms with van der Waals surface area (Å²) >= 11 is 1.63. The van der Waals surface area contributed by atoms with E-state index in [1.165, 1.54) is 0 Å². The lowest BCUT2D eigenvalue weighted by atomic mass is 10.2. The number of benzene rings is 2. The molecule has 1 fully saturated rings. The van der Waals surface area contributed by atoms with E-state index in [4.69, 9.17) is 0 Å². The van der Waals surface area contributed by atoms with Gasteiger partial charge in [-0.3, -0.25) is 4.79 Å². The number of nitrogens with zero attached hydrogens (tertiary/aromatic N) is 1. The van der Waals surface area contributed by atoms with Gasteiger partial charge in [0.05, 0.1) is 6.61 Å². The highest BCUT2D eigenvalue weighted by molar-refractivity contribution is 7.99. The van der Waals surface area contributed by atoms with Crippen molar-refractivity contribution in [1.29, 1.82) is 0 Å². The van der Waals surface area contributed by atoms with Crippen LogP contribution in [-0.2, 0) is 11.4 Å². The maximum Gasteiger partial charge on any atom is 0.227 e. The number of hydrogen-bond acceptors (Lipinski definition) is 3. The van der Waals surface area contributed by atoms with E-state index in [9.17, 15) is 9.90 Å². The fourth-order valence-electron chi connectivity index (χ4n) is 2.48. The Morgan fingerprint density at radius 1 is 1.10 bits per heavy atom. The molecule has 1 aliphatic rings. The van der Waals surface area contributed by atoms with Gasteiger partial charge in [-0.05, 0) is 42.3 Å². The van der Waals surface area contributed by atoms with Gasteiger partial charge in [0.15, 0.2) is 0 Å². The molecule has 1 N–H and O–H groups in total. The van der Waals surface area contributed by atoms with Crippen molar-refractivity contribution in [1.82, 2.24) is 0 Å². The van der Waals surface area contributed by atoms with Gasteiger partial charge in [0.25, 0.3) is 0 Å². The third kappa shape index (κ3) is 3.12. The number of carbonyl (C=O) groups is 1. The summed E-state index contributed by atoms with van der Waals surface area (Å²) < 4.78 is 0. The lowest BCUT2D eigenvalue weighted by molar-refractivity contribution is -0.117. The predicted octanol–water partition coefficient (Wildman–Crippen LogP) is 3.46. The number of amides is 1. The van der Waals surface area contributed by atoms with Crippen molar-refractivity contribution in [3.63, 3.8) is 0 Å². The Kier molecular flexibility index (Phi) is 4.27. The van der Waals surface area contributed by atoms with E-state index < -0.39 is 0 Å². The first kappa shape index (κ1) is 14.2. The Bertz CT molecular complexity index is 639. The van der Waals surface area contributed by atoms with Crippen LogP contribution in [0.5, 0.6) is 0 Å². The van der Waals surface area contributed by atoms with Crippen molar-refractivity contribution >= 4 is 23.4 Å². The lowest BCUT2D eigenvalue weighted by Gasteiger charge is -2.16. The highest BCUT2D eigenvalue weighted by atomic mass is 32.2. The van der Waals surface area contributed by atoms with E-state index in [1.807, 2.05) is 53.4 Å². The summed E-state index contributed by atoms with van der Waals surface area (Å²) in [4.78, 5) is 15.7. The van der Waals surface area contributed by atoms with Crippen molar-refractivity contribution in [2.24, 2.45) is 0 Å². The fraction of sp³-hybridized carbons (Fsp3) is 0.235. The standard InChI is InChI=1S/C17H17NO2S/c19-12-13-4-1-2-5-16(13)21-15-9-7-14(8-10-15)18-11-3-6-17(18)20/h1-2,4-5,7-10,19H,3,6,11-12H2. The summed E-state index contributed by atoms with van der Waals surface area (Å²) in [5.41, 5.74) is 1.90. The molecule has 0 bridgehead atoms. The van der Waals surface area contributed by atoms with E-state index in [0.717, 1.165) is 34.0 Å². The third-order valence-electron chi connectivity index (χ3n) is 3.59. The Morgan fingerprint density at radius 3 is 2.52 bits per heavy atom. The molecule has 1 saturated heterocycles. The van der Waals surface area contributed by atoms with Crippen LogP contribution in [0.25, 0.3) is 0 Å². The molecule has 3 nitrogen and oxygen atoms in total. The molecule has 1 aliphatic heterocycles. The first-order chi connectivity index (χ1) is 10.3. The van der Waals surface area contributed by atoms with E-state index in [-0.39, 0.29) is 12.5 Å². The topological polar surface area (TPSA) is 40.5 Å². The molecule has 108 valence electrons.